The number of hydrazine groups is 1. The molecular formula is C5H12N3NaO3. The van der Waals surface area contributed by atoms with Crippen LogP contribution in [0.1, 0.15) is 14.3 Å². The minimum Gasteiger partial charge on any atom is -1.00 e. The van der Waals surface area contributed by atoms with Gasteiger partial charge >= 0.3 is 29.6 Å². The van der Waals surface area contributed by atoms with Crippen molar-refractivity contribution in [2.24, 2.45) is 5.28 Å². The Morgan fingerprint density at radius 2 is 2.42 bits per heavy atom. The van der Waals surface area contributed by atoms with Gasteiger partial charge in [0.25, 0.3) is 0 Å². The van der Waals surface area contributed by atoms with Crippen molar-refractivity contribution in [2.45, 2.75) is 18.9 Å². The maximum Gasteiger partial charge on any atom is 1.00 e. The first-order chi connectivity index (χ1) is 5.29. The zero-order valence-corrected chi connectivity index (χ0v) is 9.05. The second-order valence-electron chi connectivity index (χ2n) is 2.48. The van der Waals surface area contributed by atoms with Crippen LogP contribution in [0, 0.1) is 5.21 Å². The Labute approximate surface area is 93.8 Å². The molecule has 66 valence electrons. The number of rotatable bonds is 2. The summed E-state index contributed by atoms with van der Waals surface area (Å²) in [5.74, 6) is 0. The second kappa shape index (κ2) is 5.58. The maximum absolute atomic E-state index is 10.7. The van der Waals surface area contributed by atoms with Crippen molar-refractivity contribution >= 4 is 0 Å². The Bertz CT molecular complexity index is 171. The largest absolute Gasteiger partial charge is 1.00 e. The quantitative estimate of drug-likeness (QED) is 0.206. The molecule has 1 heterocycles. The predicted molar refractivity (Wildman–Crippen MR) is 35.8 cm³/mol. The Hall–Kier alpha value is -0.0400. The van der Waals surface area contributed by atoms with Crippen LogP contribution in [0.4, 0.5) is 0 Å². The summed E-state index contributed by atoms with van der Waals surface area (Å²) in [4.78, 5) is 0.119. The molecular weight excluding hydrogens is 173 g/mol. The van der Waals surface area contributed by atoms with E-state index in [9.17, 15) is 5.21 Å². The molecule has 1 aliphatic rings. The van der Waals surface area contributed by atoms with Gasteiger partial charge in [-0.2, -0.15) is 0 Å². The van der Waals surface area contributed by atoms with Crippen LogP contribution < -0.4 is 29.6 Å². The Kier molecular flexibility index (Phi) is 5.56. The molecule has 0 aromatic heterocycles. The normalized spacial score (nSPS) is 23.9. The zero-order valence-electron chi connectivity index (χ0n) is 8.05. The molecule has 0 spiro atoms. The van der Waals surface area contributed by atoms with Crippen molar-refractivity contribution in [3.05, 3.63) is 5.21 Å². The fraction of sp³-hybridized carbons (Fsp3) is 1.00. The first-order valence-electron chi connectivity index (χ1n) is 3.49. The number of nitrogens with zero attached hydrogens (tertiary/aromatic N) is 3. The second-order valence-corrected chi connectivity index (χ2v) is 2.48. The Balaban J connectivity index is 0. The summed E-state index contributed by atoms with van der Waals surface area (Å²) in [5.41, 5.74) is 0. The van der Waals surface area contributed by atoms with E-state index >= 15 is 0 Å². The van der Waals surface area contributed by atoms with Crippen LogP contribution in [0.5, 0.6) is 0 Å². The third-order valence-electron chi connectivity index (χ3n) is 1.85. The molecule has 6 nitrogen and oxygen atoms in total. The van der Waals surface area contributed by atoms with E-state index in [2.05, 4.69) is 5.28 Å². The van der Waals surface area contributed by atoms with Crippen LogP contribution in [-0.2, 0) is 0 Å². The first-order valence-corrected chi connectivity index (χ1v) is 3.49. The van der Waals surface area contributed by atoms with Crippen LogP contribution in [0.2, 0.25) is 0 Å². The van der Waals surface area contributed by atoms with E-state index < -0.39 is 0 Å². The monoisotopic (exact) mass is 185 g/mol. The Morgan fingerprint density at radius 1 is 1.75 bits per heavy atom. The summed E-state index contributed by atoms with van der Waals surface area (Å²) in [6.07, 6.45) is 1.62. The summed E-state index contributed by atoms with van der Waals surface area (Å²) in [5, 5.41) is 31.3. The van der Waals surface area contributed by atoms with Crippen LogP contribution >= 0.6 is 0 Å². The average Bonchev–Trinajstić information content (AvgIpc) is 2.50. The van der Waals surface area contributed by atoms with Crippen molar-refractivity contribution in [1.82, 2.24) is 5.01 Å². The minimum absolute atomic E-state index is 0. The van der Waals surface area contributed by atoms with Gasteiger partial charge in [-0.3, -0.25) is 0 Å². The molecule has 1 fully saturated rings. The smallest absolute Gasteiger partial charge is 1.00 e. The van der Waals surface area contributed by atoms with E-state index in [1.165, 1.54) is 5.01 Å². The molecule has 0 amide bonds. The molecule has 0 aromatic carbocycles. The van der Waals surface area contributed by atoms with Gasteiger partial charge in [-0.05, 0) is 12.8 Å². The van der Waals surface area contributed by atoms with Crippen molar-refractivity contribution < 1.29 is 46.3 Å². The third-order valence-corrected chi connectivity index (χ3v) is 1.85. The first kappa shape index (κ1) is 12.0. The zero-order chi connectivity index (χ0) is 8.27. The molecule has 1 saturated heterocycles. The SMILES string of the molecule is [H-].[Na+].[O-]/[N+](=N/O)N1CCC[C@H]1CO. The fourth-order valence-electron chi connectivity index (χ4n) is 1.28. The van der Waals surface area contributed by atoms with E-state index in [-0.39, 0.29) is 48.6 Å². The molecule has 12 heavy (non-hydrogen) atoms. The average molecular weight is 185 g/mol. The summed E-state index contributed by atoms with van der Waals surface area (Å²) in [6.45, 7) is 0.465. The number of hydrogen-bond acceptors (Lipinski definition) is 3. The fourth-order valence-corrected chi connectivity index (χ4v) is 1.28. The standard InChI is InChI=1S/C5H11N3O3.Na.H/c9-4-5-2-1-3-7(5)8(11)6-10;;/h5,9-10H,1-4H2;;/q;+1;-1/b8-6+;;/t5-;;/m0../s1. The molecule has 7 heteroatoms. The predicted octanol–water partition coefficient (Wildman–Crippen LogP) is -3.17. The maximum atomic E-state index is 10.7. The summed E-state index contributed by atoms with van der Waals surface area (Å²) in [6, 6.07) is -0.191. The van der Waals surface area contributed by atoms with Gasteiger partial charge in [0.05, 0.1) is 18.1 Å². The molecule has 2 N–H and O–H groups in total. The van der Waals surface area contributed by atoms with Gasteiger partial charge < -0.3 is 16.9 Å². The number of aliphatic hydroxyl groups excluding tert-OH is 1. The van der Waals surface area contributed by atoms with Gasteiger partial charge in [-0.15, -0.1) is 5.01 Å². The van der Waals surface area contributed by atoms with Crippen molar-refractivity contribution in [1.29, 1.82) is 0 Å². The summed E-state index contributed by atoms with van der Waals surface area (Å²) in [7, 11) is 0. The molecule has 0 unspecified atom stereocenters. The van der Waals surface area contributed by atoms with Crippen molar-refractivity contribution in [3.63, 3.8) is 0 Å². The molecule has 1 aliphatic heterocycles. The van der Waals surface area contributed by atoms with Crippen LogP contribution in [0.25, 0.3) is 0 Å². The van der Waals surface area contributed by atoms with E-state index in [4.69, 9.17) is 10.3 Å². The van der Waals surface area contributed by atoms with Crippen LogP contribution in [-0.4, -0.2) is 39.5 Å². The number of aliphatic hydroxyl groups is 1. The molecule has 1 atom stereocenters. The van der Waals surface area contributed by atoms with Gasteiger partial charge in [-0.25, -0.2) is 0 Å². The van der Waals surface area contributed by atoms with E-state index in [1.807, 2.05) is 0 Å². The summed E-state index contributed by atoms with van der Waals surface area (Å²) < 4.78 is 0. The minimum atomic E-state index is -0.191. The molecule has 0 radical (unpaired) electrons. The van der Waals surface area contributed by atoms with Gasteiger partial charge in [0.15, 0.2) is 0 Å². The van der Waals surface area contributed by atoms with Crippen LogP contribution in [0.3, 0.4) is 0 Å². The van der Waals surface area contributed by atoms with Gasteiger partial charge in [-0.1, -0.05) is 0 Å². The molecule has 1 rings (SSSR count). The van der Waals surface area contributed by atoms with E-state index in [0.29, 0.717) is 6.54 Å². The van der Waals surface area contributed by atoms with Gasteiger partial charge in [0.2, 0.25) is 5.28 Å². The topological polar surface area (TPSA) is 82.1 Å². The van der Waals surface area contributed by atoms with Crippen molar-refractivity contribution in [3.8, 4) is 0 Å². The van der Waals surface area contributed by atoms with E-state index in [1.54, 1.807) is 0 Å². The number of hydrogen-bond donors (Lipinski definition) is 2. The Morgan fingerprint density at radius 3 is 2.92 bits per heavy atom. The van der Waals surface area contributed by atoms with E-state index in [0.717, 1.165) is 12.8 Å². The third kappa shape index (κ3) is 2.48. The molecule has 0 aromatic rings. The van der Waals surface area contributed by atoms with Gasteiger partial charge in [0.1, 0.15) is 6.04 Å². The molecule has 0 aliphatic carbocycles. The molecule has 0 saturated carbocycles. The summed E-state index contributed by atoms with van der Waals surface area (Å²) >= 11 is 0. The molecule has 0 bridgehead atoms. The van der Waals surface area contributed by atoms with Crippen molar-refractivity contribution in [2.75, 3.05) is 13.2 Å². The van der Waals surface area contributed by atoms with Gasteiger partial charge in [0, 0.05) is 0 Å². The van der Waals surface area contributed by atoms with Crippen LogP contribution in [0.15, 0.2) is 5.28 Å².